The highest BCUT2D eigenvalue weighted by Gasteiger charge is 2.02. The maximum atomic E-state index is 8.87. The average molecular weight is 220 g/mol. The Morgan fingerprint density at radius 2 is 2.06 bits per heavy atom. The van der Waals surface area contributed by atoms with E-state index in [0.717, 1.165) is 5.56 Å². The quantitative estimate of drug-likeness (QED) is 0.844. The molecule has 84 valence electrons. The normalized spacial score (nSPS) is 10.4. The van der Waals surface area contributed by atoms with Crippen LogP contribution >= 0.6 is 0 Å². The van der Waals surface area contributed by atoms with Crippen molar-refractivity contribution in [2.45, 2.75) is 20.1 Å². The molecule has 0 spiro atoms. The molecule has 0 bridgehead atoms. The minimum absolute atomic E-state index is 0.0321. The fourth-order valence-electron chi connectivity index (χ4n) is 1.24. The molecule has 0 saturated heterocycles. The van der Waals surface area contributed by atoms with Gasteiger partial charge < -0.3 is 14.4 Å². The van der Waals surface area contributed by atoms with Gasteiger partial charge in [0.25, 0.3) is 0 Å². The van der Waals surface area contributed by atoms with E-state index in [4.69, 9.17) is 14.4 Å². The Hall–Kier alpha value is -1.88. The molecule has 16 heavy (non-hydrogen) atoms. The van der Waals surface area contributed by atoms with E-state index >= 15 is 0 Å². The molecule has 0 radical (unpaired) electrons. The van der Waals surface area contributed by atoms with Crippen LogP contribution < -0.4 is 4.74 Å². The van der Waals surface area contributed by atoms with Crippen molar-refractivity contribution in [2.75, 3.05) is 0 Å². The summed E-state index contributed by atoms with van der Waals surface area (Å²) in [5.41, 5.74) is 0.850. The van der Waals surface area contributed by atoms with Gasteiger partial charge in [0.1, 0.15) is 5.75 Å². The first-order valence-corrected chi connectivity index (χ1v) is 4.90. The molecule has 0 aliphatic rings. The van der Waals surface area contributed by atoms with Gasteiger partial charge in [-0.15, -0.1) is 0 Å². The third-order valence-corrected chi connectivity index (χ3v) is 2.04. The zero-order chi connectivity index (χ0) is 11.4. The predicted molar refractivity (Wildman–Crippen MR) is 55.7 cm³/mol. The highest BCUT2D eigenvalue weighted by atomic mass is 16.5. The van der Waals surface area contributed by atoms with Gasteiger partial charge in [-0.3, -0.25) is 0 Å². The summed E-state index contributed by atoms with van der Waals surface area (Å²) in [6, 6.07) is 7.19. The third-order valence-electron chi connectivity index (χ3n) is 2.04. The molecule has 0 aliphatic heterocycles. The van der Waals surface area contributed by atoms with E-state index in [0.29, 0.717) is 17.5 Å². The van der Waals surface area contributed by atoms with Crippen LogP contribution in [-0.4, -0.2) is 15.2 Å². The zero-order valence-electron chi connectivity index (χ0n) is 8.88. The van der Waals surface area contributed by atoms with Gasteiger partial charge >= 0.3 is 0 Å². The number of hydrogen-bond acceptors (Lipinski definition) is 5. The Labute approximate surface area is 92.7 Å². The number of benzene rings is 1. The molecular formula is C11H12N2O3. The van der Waals surface area contributed by atoms with Crippen LogP contribution in [0.5, 0.6) is 5.75 Å². The van der Waals surface area contributed by atoms with Gasteiger partial charge in [-0.25, -0.2) is 0 Å². The first-order valence-electron chi connectivity index (χ1n) is 4.90. The van der Waals surface area contributed by atoms with Crippen molar-refractivity contribution in [3.05, 3.63) is 41.5 Å². The van der Waals surface area contributed by atoms with E-state index in [2.05, 4.69) is 10.1 Å². The summed E-state index contributed by atoms with van der Waals surface area (Å²) in [5.74, 6) is 1.75. The summed E-state index contributed by atoms with van der Waals surface area (Å²) in [6.07, 6.45) is 0. The molecule has 5 heteroatoms. The van der Waals surface area contributed by atoms with Crippen molar-refractivity contribution in [1.29, 1.82) is 0 Å². The lowest BCUT2D eigenvalue weighted by Gasteiger charge is -2.03. The number of aryl methyl sites for hydroxylation is 1. The van der Waals surface area contributed by atoms with Crippen LogP contribution in [0.15, 0.2) is 28.8 Å². The van der Waals surface area contributed by atoms with E-state index in [9.17, 15) is 0 Å². The van der Waals surface area contributed by atoms with Crippen LogP contribution in [0.1, 0.15) is 17.3 Å². The van der Waals surface area contributed by atoms with E-state index < -0.39 is 0 Å². The number of aliphatic hydroxyl groups is 1. The number of nitrogens with zero attached hydrogens (tertiary/aromatic N) is 2. The number of rotatable bonds is 4. The van der Waals surface area contributed by atoms with Crippen LogP contribution in [0.2, 0.25) is 0 Å². The van der Waals surface area contributed by atoms with Gasteiger partial charge in [0.05, 0.1) is 6.61 Å². The van der Waals surface area contributed by atoms with Crippen molar-refractivity contribution in [1.82, 2.24) is 10.1 Å². The van der Waals surface area contributed by atoms with Gasteiger partial charge in [0, 0.05) is 6.92 Å². The highest BCUT2D eigenvalue weighted by molar-refractivity contribution is 5.26. The molecule has 2 aromatic rings. The molecule has 0 saturated carbocycles. The molecule has 2 rings (SSSR count). The molecule has 5 nitrogen and oxygen atoms in total. The summed E-state index contributed by atoms with van der Waals surface area (Å²) >= 11 is 0. The summed E-state index contributed by atoms with van der Waals surface area (Å²) in [6.45, 7) is 2.03. The molecule has 0 aliphatic carbocycles. The lowest BCUT2D eigenvalue weighted by molar-refractivity contribution is 0.278. The van der Waals surface area contributed by atoms with Crippen LogP contribution in [-0.2, 0) is 13.2 Å². The van der Waals surface area contributed by atoms with E-state index in [1.807, 2.05) is 0 Å². The van der Waals surface area contributed by atoms with E-state index in [1.54, 1.807) is 31.2 Å². The summed E-state index contributed by atoms with van der Waals surface area (Å²) < 4.78 is 10.3. The van der Waals surface area contributed by atoms with Crippen LogP contribution in [0.25, 0.3) is 0 Å². The van der Waals surface area contributed by atoms with Gasteiger partial charge in [-0.1, -0.05) is 17.3 Å². The number of hydrogen-bond donors (Lipinski definition) is 1. The molecule has 1 N–H and O–H groups in total. The average Bonchev–Trinajstić information content (AvgIpc) is 2.73. The topological polar surface area (TPSA) is 68.4 Å². The standard InChI is InChI=1S/C11H12N2O3/c1-8-12-11(13-16-8)7-15-10-4-2-9(6-14)3-5-10/h2-5,14H,6-7H2,1H3. The summed E-state index contributed by atoms with van der Waals surface area (Å²) in [4.78, 5) is 4.02. The van der Waals surface area contributed by atoms with E-state index in [1.165, 1.54) is 0 Å². The Balaban J connectivity index is 1.94. The SMILES string of the molecule is Cc1nc(COc2ccc(CO)cc2)no1. The van der Waals surface area contributed by atoms with Crippen molar-refractivity contribution < 1.29 is 14.4 Å². The van der Waals surface area contributed by atoms with Gasteiger partial charge in [0.15, 0.2) is 6.61 Å². The maximum absolute atomic E-state index is 8.87. The van der Waals surface area contributed by atoms with Gasteiger partial charge in [-0.05, 0) is 17.7 Å². The maximum Gasteiger partial charge on any atom is 0.223 e. The first kappa shape index (κ1) is 10.6. The molecule has 0 fully saturated rings. The van der Waals surface area contributed by atoms with Crippen molar-refractivity contribution in [3.8, 4) is 5.75 Å². The fourth-order valence-corrected chi connectivity index (χ4v) is 1.24. The lowest BCUT2D eigenvalue weighted by atomic mass is 10.2. The van der Waals surface area contributed by atoms with Crippen molar-refractivity contribution >= 4 is 0 Å². The molecule has 0 atom stereocenters. The second kappa shape index (κ2) is 4.76. The summed E-state index contributed by atoms with van der Waals surface area (Å²) in [7, 11) is 0. The van der Waals surface area contributed by atoms with Crippen LogP contribution in [0.4, 0.5) is 0 Å². The van der Waals surface area contributed by atoms with Crippen LogP contribution in [0.3, 0.4) is 0 Å². The zero-order valence-corrected chi connectivity index (χ0v) is 8.88. The molecular weight excluding hydrogens is 208 g/mol. The Morgan fingerprint density at radius 3 is 2.62 bits per heavy atom. The summed E-state index contributed by atoms with van der Waals surface area (Å²) in [5, 5.41) is 12.6. The van der Waals surface area contributed by atoms with Gasteiger partial charge in [0.2, 0.25) is 11.7 Å². The van der Waals surface area contributed by atoms with Gasteiger partial charge in [-0.2, -0.15) is 4.98 Å². The van der Waals surface area contributed by atoms with Crippen molar-refractivity contribution in [2.24, 2.45) is 0 Å². The Bertz CT molecular complexity index is 451. The Morgan fingerprint density at radius 1 is 1.31 bits per heavy atom. The lowest BCUT2D eigenvalue weighted by Crippen LogP contribution is -1.97. The fraction of sp³-hybridized carbons (Fsp3) is 0.273. The van der Waals surface area contributed by atoms with Crippen molar-refractivity contribution in [3.63, 3.8) is 0 Å². The highest BCUT2D eigenvalue weighted by Crippen LogP contribution is 2.13. The second-order valence-electron chi connectivity index (χ2n) is 3.32. The Kier molecular flexibility index (Phi) is 3.16. The molecule has 0 unspecified atom stereocenters. The molecule has 1 heterocycles. The predicted octanol–water partition coefficient (Wildman–Crippen LogP) is 1.45. The smallest absolute Gasteiger partial charge is 0.223 e. The number of ether oxygens (including phenoxy) is 1. The van der Waals surface area contributed by atoms with E-state index in [-0.39, 0.29) is 13.2 Å². The molecule has 0 amide bonds. The first-order chi connectivity index (χ1) is 7.78. The van der Waals surface area contributed by atoms with Crippen LogP contribution in [0, 0.1) is 6.92 Å². The molecule has 1 aromatic heterocycles. The minimum Gasteiger partial charge on any atom is -0.485 e. The number of aromatic nitrogens is 2. The second-order valence-corrected chi connectivity index (χ2v) is 3.32. The monoisotopic (exact) mass is 220 g/mol. The number of aliphatic hydroxyl groups excluding tert-OH is 1. The third kappa shape index (κ3) is 2.58. The largest absolute Gasteiger partial charge is 0.485 e. The molecule has 1 aromatic carbocycles. The minimum atomic E-state index is 0.0321.